The highest BCUT2D eigenvalue weighted by Gasteiger charge is 1.95. The quantitative estimate of drug-likeness (QED) is 0.668. The van der Waals surface area contributed by atoms with Gasteiger partial charge in [0.1, 0.15) is 5.78 Å². The molecule has 0 heterocycles. The maximum atomic E-state index is 10.3. The fourth-order valence-electron chi connectivity index (χ4n) is 0.639. The summed E-state index contributed by atoms with van der Waals surface area (Å²) in [7, 11) is 1.25. The fraction of sp³-hybridized carbons (Fsp3) is 0.727. The van der Waals surface area contributed by atoms with Gasteiger partial charge in [0, 0.05) is 6.42 Å². The lowest BCUT2D eigenvalue weighted by Crippen LogP contribution is -1.95. The van der Waals surface area contributed by atoms with E-state index in [2.05, 4.69) is 16.4 Å². The number of Topliss-reactive ketones (excluding diaryl/α,β-unsaturated/α-hetero) is 1. The maximum Gasteiger partial charge on any atom is 0.432 e. The summed E-state index contributed by atoms with van der Waals surface area (Å²) in [6, 6.07) is 0. The van der Waals surface area contributed by atoms with E-state index in [1.165, 1.54) is 7.11 Å². The van der Waals surface area contributed by atoms with Crippen LogP contribution in [0.1, 0.15) is 41.0 Å². The molecular formula is C11H23NO3. The predicted molar refractivity (Wildman–Crippen MR) is 63.4 cm³/mol. The van der Waals surface area contributed by atoms with Crippen LogP contribution < -0.4 is 0 Å². The van der Waals surface area contributed by atoms with Gasteiger partial charge in [0.25, 0.3) is 0 Å². The maximum absolute atomic E-state index is 10.3. The summed E-state index contributed by atoms with van der Waals surface area (Å²) in [5.41, 5.74) is 0. The molecule has 0 aliphatic rings. The topological polar surface area (TPSA) is 55.7 Å². The second-order valence-electron chi connectivity index (χ2n) is 2.93. The van der Waals surface area contributed by atoms with Crippen molar-refractivity contribution in [3.05, 3.63) is 0 Å². The Labute approximate surface area is 92.7 Å². The largest absolute Gasteiger partial charge is 0.451 e. The average Bonchev–Trinajstić information content (AvgIpc) is 2.18. The summed E-state index contributed by atoms with van der Waals surface area (Å²) in [5, 5.41) is 0. The third kappa shape index (κ3) is 32.3. The summed E-state index contributed by atoms with van der Waals surface area (Å²) >= 11 is 0. The zero-order chi connectivity index (χ0) is 12.9. The van der Waals surface area contributed by atoms with Crippen molar-refractivity contribution < 1.29 is 14.3 Å². The van der Waals surface area contributed by atoms with E-state index >= 15 is 0 Å². The van der Waals surface area contributed by atoms with Gasteiger partial charge in [-0.15, -0.1) is 0 Å². The van der Waals surface area contributed by atoms with E-state index in [-0.39, 0.29) is 5.78 Å². The van der Waals surface area contributed by atoms with Crippen molar-refractivity contribution in [1.82, 2.24) is 0 Å². The van der Waals surface area contributed by atoms with Crippen molar-refractivity contribution in [1.29, 1.82) is 0 Å². The second-order valence-corrected chi connectivity index (χ2v) is 2.93. The van der Waals surface area contributed by atoms with Crippen LogP contribution in [-0.2, 0) is 9.53 Å². The van der Waals surface area contributed by atoms with E-state index < -0.39 is 6.09 Å². The minimum Gasteiger partial charge on any atom is -0.451 e. The molecule has 90 valence electrons. The highest BCUT2D eigenvalue weighted by molar-refractivity contribution is 5.75. The number of nitrogens with zero attached hydrogens (tertiary/aromatic N) is 1. The monoisotopic (exact) mass is 217 g/mol. The Morgan fingerprint density at radius 2 is 1.73 bits per heavy atom. The van der Waals surface area contributed by atoms with Gasteiger partial charge in [-0.2, -0.15) is 4.99 Å². The van der Waals surface area contributed by atoms with Crippen LogP contribution in [0.25, 0.3) is 0 Å². The molecule has 0 aliphatic heterocycles. The van der Waals surface area contributed by atoms with Crippen LogP contribution in [0.5, 0.6) is 0 Å². The number of carbonyl (C=O) groups excluding carboxylic acids is 2. The van der Waals surface area contributed by atoms with E-state index in [1.807, 2.05) is 27.7 Å². The molecule has 4 nitrogen and oxygen atoms in total. The van der Waals surface area contributed by atoms with Gasteiger partial charge in [0.05, 0.1) is 7.11 Å². The highest BCUT2D eigenvalue weighted by Crippen LogP contribution is 1.97. The van der Waals surface area contributed by atoms with Crippen molar-refractivity contribution in [3.8, 4) is 0 Å². The SMILES string of the molecule is C=NC(=O)OC.CC.CC(=O)CC(C)C. The molecule has 0 radical (unpaired) electrons. The summed E-state index contributed by atoms with van der Waals surface area (Å²) < 4.78 is 4.03. The number of methoxy groups -OCH3 is 1. The van der Waals surface area contributed by atoms with Gasteiger partial charge in [0.15, 0.2) is 0 Å². The van der Waals surface area contributed by atoms with Crippen LogP contribution in [0, 0.1) is 5.92 Å². The lowest BCUT2D eigenvalue weighted by Gasteiger charge is -1.95. The minimum atomic E-state index is -0.644. The fourth-order valence-corrected chi connectivity index (χ4v) is 0.639. The number of aliphatic imine (C=N–C) groups is 1. The van der Waals surface area contributed by atoms with Crippen molar-refractivity contribution >= 4 is 18.6 Å². The van der Waals surface area contributed by atoms with Gasteiger partial charge in [-0.3, -0.25) is 0 Å². The number of rotatable bonds is 2. The van der Waals surface area contributed by atoms with Crippen LogP contribution in [0.2, 0.25) is 0 Å². The molecule has 0 saturated heterocycles. The van der Waals surface area contributed by atoms with Gasteiger partial charge >= 0.3 is 6.09 Å². The van der Waals surface area contributed by atoms with Gasteiger partial charge in [-0.25, -0.2) is 4.79 Å². The first-order chi connectivity index (χ1) is 6.93. The van der Waals surface area contributed by atoms with Crippen molar-refractivity contribution in [2.75, 3.05) is 7.11 Å². The third-order valence-electron chi connectivity index (χ3n) is 0.999. The molecule has 0 unspecified atom stereocenters. The Balaban J connectivity index is -0.000000166. The number of amides is 1. The summed E-state index contributed by atoms with van der Waals surface area (Å²) in [6.45, 7) is 12.6. The molecule has 0 bridgehead atoms. The molecule has 0 rings (SSSR count). The van der Waals surface area contributed by atoms with Gasteiger partial charge in [-0.05, 0) is 19.6 Å². The van der Waals surface area contributed by atoms with Crippen LogP contribution in [0.3, 0.4) is 0 Å². The van der Waals surface area contributed by atoms with E-state index in [9.17, 15) is 9.59 Å². The highest BCUT2D eigenvalue weighted by atomic mass is 16.5. The van der Waals surface area contributed by atoms with Crippen molar-refractivity contribution in [3.63, 3.8) is 0 Å². The lowest BCUT2D eigenvalue weighted by atomic mass is 10.1. The Hall–Kier alpha value is -1.19. The average molecular weight is 217 g/mol. The normalized spacial score (nSPS) is 7.67. The summed E-state index contributed by atoms with van der Waals surface area (Å²) in [6.07, 6.45) is 0.0787. The van der Waals surface area contributed by atoms with Crippen LogP contribution >= 0.6 is 0 Å². The lowest BCUT2D eigenvalue weighted by molar-refractivity contribution is -0.117. The Morgan fingerprint density at radius 3 is 1.73 bits per heavy atom. The number of hydrogen-bond acceptors (Lipinski definition) is 3. The van der Waals surface area contributed by atoms with Gasteiger partial charge in [0.2, 0.25) is 0 Å². The molecule has 0 aliphatic carbocycles. The van der Waals surface area contributed by atoms with Crippen LogP contribution in [-0.4, -0.2) is 25.7 Å². The van der Waals surface area contributed by atoms with Crippen LogP contribution in [0.15, 0.2) is 4.99 Å². The molecule has 0 saturated carbocycles. The molecule has 0 spiro atoms. The first-order valence-electron chi connectivity index (χ1n) is 4.98. The number of hydrogen-bond donors (Lipinski definition) is 0. The zero-order valence-electron chi connectivity index (χ0n) is 10.7. The first-order valence-corrected chi connectivity index (χ1v) is 4.98. The zero-order valence-corrected chi connectivity index (χ0v) is 10.7. The Morgan fingerprint density at radius 1 is 1.33 bits per heavy atom. The molecule has 0 aromatic rings. The van der Waals surface area contributed by atoms with E-state index in [4.69, 9.17) is 0 Å². The van der Waals surface area contributed by atoms with Crippen LogP contribution in [0.4, 0.5) is 4.79 Å². The second kappa shape index (κ2) is 15.3. The number of ketones is 1. The van der Waals surface area contributed by atoms with Gasteiger partial charge in [-0.1, -0.05) is 27.7 Å². The molecule has 4 heteroatoms. The van der Waals surface area contributed by atoms with E-state index in [0.717, 1.165) is 6.42 Å². The molecule has 1 amide bonds. The van der Waals surface area contributed by atoms with E-state index in [0.29, 0.717) is 5.92 Å². The molecule has 0 aromatic heterocycles. The molecule has 0 fully saturated rings. The standard InChI is InChI=1S/C6H12O.C3H5NO2.C2H6/c1-5(2)4-6(3)7;1-4-3(5)6-2;1-2/h5H,4H2,1-3H3;1H2,2H3;1-2H3. The van der Waals surface area contributed by atoms with E-state index in [1.54, 1.807) is 6.92 Å². The molecule has 15 heavy (non-hydrogen) atoms. The molecule has 0 aromatic carbocycles. The summed E-state index contributed by atoms with van der Waals surface area (Å²) in [4.78, 5) is 22.9. The smallest absolute Gasteiger partial charge is 0.432 e. The molecule has 0 N–H and O–H groups in total. The Kier molecular flexibility index (Phi) is 19.8. The summed E-state index contributed by atoms with van der Waals surface area (Å²) in [5.74, 6) is 0.813. The predicted octanol–water partition coefficient (Wildman–Crippen LogP) is 3.10. The Bertz CT molecular complexity index is 177. The number of carbonyl (C=O) groups is 2. The van der Waals surface area contributed by atoms with Crippen molar-refractivity contribution in [2.24, 2.45) is 10.9 Å². The molecular weight excluding hydrogens is 194 g/mol. The van der Waals surface area contributed by atoms with Gasteiger partial charge < -0.3 is 9.53 Å². The third-order valence-corrected chi connectivity index (χ3v) is 0.999. The minimum absolute atomic E-state index is 0.287. The van der Waals surface area contributed by atoms with Crippen molar-refractivity contribution in [2.45, 2.75) is 41.0 Å². The first kappa shape index (κ1) is 19.4. The number of ether oxygens (including phenoxy) is 1. The molecule has 0 atom stereocenters.